The van der Waals surface area contributed by atoms with Crippen molar-refractivity contribution in [1.82, 2.24) is 9.80 Å². The Morgan fingerprint density at radius 1 is 1.04 bits per heavy atom. The molecule has 0 N–H and O–H groups in total. The topological polar surface area (TPSA) is 36.0 Å². The van der Waals surface area contributed by atoms with Crippen molar-refractivity contribution in [2.24, 2.45) is 5.92 Å². The number of piperazine rings is 1. The molecule has 0 saturated carbocycles. The summed E-state index contributed by atoms with van der Waals surface area (Å²) < 4.78 is 6.62. The van der Waals surface area contributed by atoms with E-state index in [4.69, 9.17) is 4.74 Å². The third-order valence-corrected chi connectivity index (χ3v) is 5.88. The van der Waals surface area contributed by atoms with Gasteiger partial charge in [0.25, 0.3) is 0 Å². The van der Waals surface area contributed by atoms with Crippen LogP contribution in [0.3, 0.4) is 0 Å². The molecule has 0 aliphatic carbocycles. The first-order chi connectivity index (χ1) is 12.8. The number of hydrogen-bond acceptors (Lipinski definition) is 4. The Hall–Kier alpha value is -1.27. The van der Waals surface area contributed by atoms with Crippen LogP contribution in [0.15, 0.2) is 28.7 Å². The molecular formula is C21H32BrN3O2. The summed E-state index contributed by atoms with van der Waals surface area (Å²) in [6, 6.07) is 8.60. The number of anilines is 1. The summed E-state index contributed by atoms with van der Waals surface area (Å²) in [4.78, 5) is 19.1. The van der Waals surface area contributed by atoms with Gasteiger partial charge in [-0.05, 0) is 63.8 Å². The summed E-state index contributed by atoms with van der Waals surface area (Å²) in [5, 5.41) is 0. The van der Waals surface area contributed by atoms with Gasteiger partial charge in [-0.1, -0.05) is 15.9 Å². The summed E-state index contributed by atoms with van der Waals surface area (Å²) in [5.74, 6) is 0.683. The molecule has 1 aromatic carbocycles. The third kappa shape index (κ3) is 6.11. The lowest BCUT2D eigenvalue weighted by atomic mass is 9.96. The van der Waals surface area contributed by atoms with E-state index in [1.54, 1.807) is 0 Å². The number of rotatable bonds is 3. The largest absolute Gasteiger partial charge is 0.444 e. The lowest BCUT2D eigenvalue weighted by Gasteiger charge is -2.39. The van der Waals surface area contributed by atoms with E-state index in [9.17, 15) is 4.79 Å². The number of carbonyl (C=O) groups excluding carboxylic acids is 1. The van der Waals surface area contributed by atoms with E-state index < -0.39 is 5.60 Å². The Balaban J connectivity index is 1.39. The maximum absolute atomic E-state index is 12.2. The highest BCUT2D eigenvalue weighted by molar-refractivity contribution is 9.10. The van der Waals surface area contributed by atoms with Gasteiger partial charge in [0.05, 0.1) is 0 Å². The van der Waals surface area contributed by atoms with Gasteiger partial charge in [-0.3, -0.25) is 4.90 Å². The summed E-state index contributed by atoms with van der Waals surface area (Å²) in [5.41, 5.74) is 0.895. The predicted octanol–water partition coefficient (Wildman–Crippen LogP) is 4.22. The second-order valence-corrected chi connectivity index (χ2v) is 9.59. The number of ether oxygens (including phenoxy) is 1. The molecule has 1 amide bonds. The molecule has 0 bridgehead atoms. The van der Waals surface area contributed by atoms with E-state index in [1.807, 2.05) is 25.7 Å². The second-order valence-electron chi connectivity index (χ2n) is 8.67. The molecule has 0 unspecified atom stereocenters. The van der Waals surface area contributed by atoms with Crippen molar-refractivity contribution in [2.45, 2.75) is 39.2 Å². The molecule has 0 radical (unpaired) electrons. The maximum atomic E-state index is 12.2. The number of hydrogen-bond donors (Lipinski definition) is 0. The highest BCUT2D eigenvalue weighted by Crippen LogP contribution is 2.23. The summed E-state index contributed by atoms with van der Waals surface area (Å²) in [7, 11) is 0. The lowest BCUT2D eigenvalue weighted by molar-refractivity contribution is 0.0169. The fraction of sp³-hybridized carbons (Fsp3) is 0.667. The van der Waals surface area contributed by atoms with Gasteiger partial charge in [0, 0.05) is 56.0 Å². The molecule has 3 rings (SSSR count). The van der Waals surface area contributed by atoms with Crippen molar-refractivity contribution < 1.29 is 9.53 Å². The number of halogens is 1. The van der Waals surface area contributed by atoms with Crippen LogP contribution in [-0.4, -0.2) is 67.3 Å². The van der Waals surface area contributed by atoms with Gasteiger partial charge in [-0.25, -0.2) is 4.79 Å². The molecule has 150 valence electrons. The first-order valence-electron chi connectivity index (χ1n) is 10.0. The third-order valence-electron chi connectivity index (χ3n) is 5.35. The zero-order chi connectivity index (χ0) is 19.4. The molecule has 0 aromatic heterocycles. The minimum absolute atomic E-state index is 0.163. The molecule has 2 fully saturated rings. The van der Waals surface area contributed by atoms with Gasteiger partial charge in [0.15, 0.2) is 0 Å². The van der Waals surface area contributed by atoms with Gasteiger partial charge in [0.1, 0.15) is 5.60 Å². The van der Waals surface area contributed by atoms with Crippen LogP contribution in [0, 0.1) is 5.92 Å². The monoisotopic (exact) mass is 437 g/mol. The van der Waals surface area contributed by atoms with Gasteiger partial charge < -0.3 is 14.5 Å². The predicted molar refractivity (Wildman–Crippen MR) is 113 cm³/mol. The van der Waals surface area contributed by atoms with E-state index in [0.717, 1.165) is 63.1 Å². The average Bonchev–Trinajstić information content (AvgIpc) is 2.62. The van der Waals surface area contributed by atoms with Crippen molar-refractivity contribution in [1.29, 1.82) is 0 Å². The molecule has 27 heavy (non-hydrogen) atoms. The van der Waals surface area contributed by atoms with E-state index in [0.29, 0.717) is 5.92 Å². The van der Waals surface area contributed by atoms with E-state index in [1.165, 1.54) is 5.69 Å². The van der Waals surface area contributed by atoms with Gasteiger partial charge >= 0.3 is 6.09 Å². The molecule has 6 heteroatoms. The number of carbonyl (C=O) groups is 1. The number of nitrogens with zero attached hydrogens (tertiary/aromatic N) is 3. The van der Waals surface area contributed by atoms with Gasteiger partial charge in [-0.2, -0.15) is 0 Å². The number of likely N-dealkylation sites (tertiary alicyclic amines) is 1. The van der Waals surface area contributed by atoms with Crippen molar-refractivity contribution in [3.05, 3.63) is 28.7 Å². The van der Waals surface area contributed by atoms with Crippen molar-refractivity contribution in [2.75, 3.05) is 50.7 Å². The Morgan fingerprint density at radius 3 is 2.19 bits per heavy atom. The van der Waals surface area contributed by atoms with E-state index >= 15 is 0 Å². The highest BCUT2D eigenvalue weighted by Gasteiger charge is 2.28. The fourth-order valence-corrected chi connectivity index (χ4v) is 4.09. The van der Waals surface area contributed by atoms with E-state index in [-0.39, 0.29) is 6.09 Å². The summed E-state index contributed by atoms with van der Waals surface area (Å²) in [6.45, 7) is 12.9. The van der Waals surface area contributed by atoms with Crippen LogP contribution in [-0.2, 0) is 4.74 Å². The molecular weight excluding hydrogens is 406 g/mol. The average molecular weight is 438 g/mol. The first kappa shape index (κ1) is 20.5. The Morgan fingerprint density at radius 2 is 1.63 bits per heavy atom. The molecule has 2 aliphatic heterocycles. The number of piperidine rings is 1. The Labute approximate surface area is 171 Å². The SMILES string of the molecule is CC(C)(C)OC(=O)N1CCC(CN2CCN(c3ccc(Br)cc3)CC2)CC1. The van der Waals surface area contributed by atoms with Crippen molar-refractivity contribution in [3.63, 3.8) is 0 Å². The molecule has 2 saturated heterocycles. The molecule has 2 aliphatic rings. The van der Waals surface area contributed by atoms with Crippen LogP contribution in [0.25, 0.3) is 0 Å². The quantitative estimate of drug-likeness (QED) is 0.708. The standard InChI is InChI=1S/C21H32BrN3O2/c1-21(2,3)27-20(26)25-10-8-17(9-11-25)16-23-12-14-24(15-13-23)19-6-4-18(22)5-7-19/h4-7,17H,8-16H2,1-3H3. The maximum Gasteiger partial charge on any atom is 0.410 e. The van der Waals surface area contributed by atoms with E-state index in [2.05, 4.69) is 50.0 Å². The van der Waals surface area contributed by atoms with Crippen molar-refractivity contribution in [3.8, 4) is 0 Å². The second kappa shape index (κ2) is 8.82. The zero-order valence-electron chi connectivity index (χ0n) is 16.8. The van der Waals surface area contributed by atoms with Crippen LogP contribution < -0.4 is 4.90 Å². The summed E-state index contributed by atoms with van der Waals surface area (Å²) >= 11 is 3.50. The molecule has 2 heterocycles. The summed E-state index contributed by atoms with van der Waals surface area (Å²) in [6.07, 6.45) is 1.99. The molecule has 0 atom stereocenters. The zero-order valence-corrected chi connectivity index (χ0v) is 18.4. The van der Waals surface area contributed by atoms with Crippen LogP contribution in [0.1, 0.15) is 33.6 Å². The molecule has 0 spiro atoms. The van der Waals surface area contributed by atoms with Gasteiger partial charge in [-0.15, -0.1) is 0 Å². The molecule has 1 aromatic rings. The smallest absolute Gasteiger partial charge is 0.410 e. The molecule has 5 nitrogen and oxygen atoms in total. The lowest BCUT2D eigenvalue weighted by Crippen LogP contribution is -2.49. The number of benzene rings is 1. The highest BCUT2D eigenvalue weighted by atomic mass is 79.9. The van der Waals surface area contributed by atoms with Crippen LogP contribution in [0.5, 0.6) is 0 Å². The van der Waals surface area contributed by atoms with Gasteiger partial charge in [0.2, 0.25) is 0 Å². The Bertz CT molecular complexity index is 613. The minimum atomic E-state index is -0.414. The first-order valence-corrected chi connectivity index (χ1v) is 10.8. The minimum Gasteiger partial charge on any atom is -0.444 e. The van der Waals surface area contributed by atoms with Crippen LogP contribution >= 0.6 is 15.9 Å². The van der Waals surface area contributed by atoms with Crippen molar-refractivity contribution >= 4 is 27.7 Å². The normalized spacial score (nSPS) is 20.0. The fourth-order valence-electron chi connectivity index (χ4n) is 3.83. The number of amides is 1. The van der Waals surface area contributed by atoms with Crippen LogP contribution in [0.4, 0.5) is 10.5 Å². The van der Waals surface area contributed by atoms with Crippen LogP contribution in [0.2, 0.25) is 0 Å². The Kier molecular flexibility index (Phi) is 6.69.